The zero-order valence-corrected chi connectivity index (χ0v) is 11.3. The molecule has 0 spiro atoms. The average molecular weight is 253 g/mol. The van der Waals surface area contributed by atoms with Gasteiger partial charge in [0.25, 0.3) is 5.56 Å². The number of nitrogens with one attached hydrogen (secondary N) is 1. The summed E-state index contributed by atoms with van der Waals surface area (Å²) in [5.74, 6) is 0.424. The maximum atomic E-state index is 11.8. The number of aromatic nitrogens is 2. The smallest absolute Gasteiger partial charge is 0.293 e. The van der Waals surface area contributed by atoms with E-state index >= 15 is 0 Å². The van der Waals surface area contributed by atoms with Crippen molar-refractivity contribution in [2.24, 2.45) is 0 Å². The van der Waals surface area contributed by atoms with Crippen LogP contribution in [0.5, 0.6) is 0 Å². The SMILES string of the molecule is CCCCOCCCNc1nccn(CC)c1=O. The van der Waals surface area contributed by atoms with Crippen molar-refractivity contribution >= 4 is 5.82 Å². The molecule has 0 aliphatic rings. The summed E-state index contributed by atoms with van der Waals surface area (Å²) in [5.41, 5.74) is -0.0631. The van der Waals surface area contributed by atoms with Crippen LogP contribution < -0.4 is 10.9 Å². The van der Waals surface area contributed by atoms with Gasteiger partial charge < -0.3 is 14.6 Å². The third kappa shape index (κ3) is 4.87. The Morgan fingerprint density at radius 3 is 2.83 bits per heavy atom. The Bertz CT molecular complexity index is 390. The van der Waals surface area contributed by atoms with Crippen molar-refractivity contribution in [2.75, 3.05) is 25.1 Å². The molecule has 0 bridgehead atoms. The second-order valence-electron chi connectivity index (χ2n) is 4.11. The van der Waals surface area contributed by atoms with E-state index in [9.17, 15) is 4.79 Å². The van der Waals surface area contributed by atoms with Gasteiger partial charge in [0, 0.05) is 38.7 Å². The van der Waals surface area contributed by atoms with E-state index in [2.05, 4.69) is 17.2 Å². The summed E-state index contributed by atoms with van der Waals surface area (Å²) in [6.07, 6.45) is 6.48. The first-order valence-electron chi connectivity index (χ1n) is 6.66. The molecule has 0 fully saturated rings. The highest BCUT2D eigenvalue weighted by Gasteiger charge is 2.02. The summed E-state index contributed by atoms with van der Waals surface area (Å²) in [7, 11) is 0. The first-order valence-corrected chi connectivity index (χ1v) is 6.66. The molecular formula is C13H23N3O2. The number of hydrogen-bond donors (Lipinski definition) is 1. The maximum absolute atomic E-state index is 11.8. The maximum Gasteiger partial charge on any atom is 0.293 e. The molecule has 1 heterocycles. The third-order valence-corrected chi connectivity index (χ3v) is 2.65. The van der Waals surface area contributed by atoms with Gasteiger partial charge in [-0.05, 0) is 19.8 Å². The summed E-state index contributed by atoms with van der Waals surface area (Å²) in [5, 5.41) is 3.05. The Morgan fingerprint density at radius 2 is 2.11 bits per heavy atom. The molecule has 0 radical (unpaired) electrons. The predicted molar refractivity (Wildman–Crippen MR) is 73.0 cm³/mol. The molecule has 1 aromatic heterocycles. The predicted octanol–water partition coefficient (Wildman–Crippen LogP) is 1.88. The molecular weight excluding hydrogens is 230 g/mol. The van der Waals surface area contributed by atoms with Crippen LogP contribution in [-0.2, 0) is 11.3 Å². The molecule has 102 valence electrons. The van der Waals surface area contributed by atoms with Crippen molar-refractivity contribution < 1.29 is 4.74 Å². The molecule has 0 amide bonds. The van der Waals surface area contributed by atoms with Crippen molar-refractivity contribution in [1.82, 2.24) is 9.55 Å². The van der Waals surface area contributed by atoms with Crippen LogP contribution in [0.15, 0.2) is 17.2 Å². The normalized spacial score (nSPS) is 10.6. The largest absolute Gasteiger partial charge is 0.381 e. The third-order valence-electron chi connectivity index (χ3n) is 2.65. The molecule has 1 N–H and O–H groups in total. The molecule has 18 heavy (non-hydrogen) atoms. The Morgan fingerprint density at radius 1 is 1.33 bits per heavy atom. The molecule has 0 saturated heterocycles. The van der Waals surface area contributed by atoms with Crippen LogP contribution in [0.2, 0.25) is 0 Å². The van der Waals surface area contributed by atoms with Crippen molar-refractivity contribution in [3.63, 3.8) is 0 Å². The van der Waals surface area contributed by atoms with Gasteiger partial charge in [-0.2, -0.15) is 0 Å². The lowest BCUT2D eigenvalue weighted by Crippen LogP contribution is -2.24. The summed E-state index contributed by atoms with van der Waals surface area (Å²) in [6.45, 7) is 7.00. The highest BCUT2D eigenvalue weighted by atomic mass is 16.5. The van der Waals surface area contributed by atoms with E-state index in [0.29, 0.717) is 18.9 Å². The molecule has 5 heteroatoms. The van der Waals surface area contributed by atoms with Gasteiger partial charge in [0.2, 0.25) is 0 Å². The van der Waals surface area contributed by atoms with Crippen molar-refractivity contribution in [3.05, 3.63) is 22.7 Å². The number of anilines is 1. The van der Waals surface area contributed by atoms with Gasteiger partial charge in [0.1, 0.15) is 0 Å². The second-order valence-corrected chi connectivity index (χ2v) is 4.11. The number of rotatable bonds is 9. The summed E-state index contributed by atoms with van der Waals surface area (Å²) in [6, 6.07) is 0. The zero-order chi connectivity index (χ0) is 13.2. The fraction of sp³-hybridized carbons (Fsp3) is 0.692. The first kappa shape index (κ1) is 14.7. The Balaban J connectivity index is 2.25. The summed E-state index contributed by atoms with van der Waals surface area (Å²) < 4.78 is 7.08. The van der Waals surface area contributed by atoms with Crippen LogP contribution >= 0.6 is 0 Å². The Hall–Kier alpha value is -1.36. The fourth-order valence-electron chi connectivity index (χ4n) is 1.55. The van der Waals surface area contributed by atoms with E-state index < -0.39 is 0 Å². The van der Waals surface area contributed by atoms with Crippen LogP contribution in [0.4, 0.5) is 5.82 Å². The quantitative estimate of drug-likeness (QED) is 0.683. The van der Waals surface area contributed by atoms with Crippen molar-refractivity contribution in [3.8, 4) is 0 Å². The zero-order valence-electron chi connectivity index (χ0n) is 11.3. The van der Waals surface area contributed by atoms with Gasteiger partial charge >= 0.3 is 0 Å². The van der Waals surface area contributed by atoms with Gasteiger partial charge in [-0.25, -0.2) is 4.98 Å². The van der Waals surface area contributed by atoms with Gasteiger partial charge in [0.05, 0.1) is 0 Å². The van der Waals surface area contributed by atoms with Crippen LogP contribution in [0.25, 0.3) is 0 Å². The van der Waals surface area contributed by atoms with E-state index in [1.54, 1.807) is 17.0 Å². The number of ether oxygens (including phenoxy) is 1. The minimum absolute atomic E-state index is 0.0631. The average Bonchev–Trinajstić information content (AvgIpc) is 2.39. The number of nitrogens with zero attached hydrogens (tertiary/aromatic N) is 2. The molecule has 1 rings (SSSR count). The highest BCUT2D eigenvalue weighted by molar-refractivity contribution is 5.30. The standard InChI is InChI=1S/C13H23N3O2/c1-3-5-10-18-11-6-7-14-12-13(17)16(4-2)9-8-15-12/h8-9H,3-7,10-11H2,1-2H3,(H,14,15). The topological polar surface area (TPSA) is 56.1 Å². The van der Waals surface area contributed by atoms with Gasteiger partial charge in [-0.3, -0.25) is 4.79 Å². The van der Waals surface area contributed by atoms with E-state index in [4.69, 9.17) is 4.74 Å². The van der Waals surface area contributed by atoms with E-state index in [-0.39, 0.29) is 5.56 Å². The molecule has 0 unspecified atom stereocenters. The lowest BCUT2D eigenvalue weighted by atomic mass is 10.3. The minimum Gasteiger partial charge on any atom is -0.381 e. The van der Waals surface area contributed by atoms with Crippen LogP contribution in [0.1, 0.15) is 33.1 Å². The van der Waals surface area contributed by atoms with Crippen LogP contribution in [0, 0.1) is 0 Å². The highest BCUT2D eigenvalue weighted by Crippen LogP contribution is 1.94. The van der Waals surface area contributed by atoms with Crippen molar-refractivity contribution in [2.45, 2.75) is 39.7 Å². The van der Waals surface area contributed by atoms with E-state index in [1.165, 1.54) is 0 Å². The van der Waals surface area contributed by atoms with Crippen molar-refractivity contribution in [1.29, 1.82) is 0 Å². The fourth-order valence-corrected chi connectivity index (χ4v) is 1.55. The number of unbranched alkanes of at least 4 members (excludes halogenated alkanes) is 1. The Kier molecular flexibility index (Phi) is 7.10. The molecule has 0 aliphatic carbocycles. The molecule has 0 aromatic carbocycles. The van der Waals surface area contributed by atoms with Gasteiger partial charge in [-0.1, -0.05) is 13.3 Å². The van der Waals surface area contributed by atoms with Crippen LogP contribution in [0.3, 0.4) is 0 Å². The summed E-state index contributed by atoms with van der Waals surface area (Å²) in [4.78, 5) is 15.9. The number of aryl methyl sites for hydroxylation is 1. The number of hydrogen-bond acceptors (Lipinski definition) is 4. The van der Waals surface area contributed by atoms with Gasteiger partial charge in [-0.15, -0.1) is 0 Å². The molecule has 0 aliphatic heterocycles. The lowest BCUT2D eigenvalue weighted by Gasteiger charge is -2.07. The monoisotopic (exact) mass is 253 g/mol. The Labute approximate surface area is 108 Å². The first-order chi connectivity index (χ1) is 8.79. The lowest BCUT2D eigenvalue weighted by molar-refractivity contribution is 0.131. The van der Waals surface area contributed by atoms with E-state index in [0.717, 1.165) is 32.5 Å². The molecule has 0 atom stereocenters. The summed E-state index contributed by atoms with van der Waals surface area (Å²) >= 11 is 0. The molecule has 5 nitrogen and oxygen atoms in total. The van der Waals surface area contributed by atoms with Crippen LogP contribution in [-0.4, -0.2) is 29.3 Å². The molecule has 0 saturated carbocycles. The minimum atomic E-state index is -0.0631. The molecule has 1 aromatic rings. The second kappa shape index (κ2) is 8.69. The van der Waals surface area contributed by atoms with E-state index in [1.807, 2.05) is 6.92 Å². The van der Waals surface area contributed by atoms with Gasteiger partial charge in [0.15, 0.2) is 5.82 Å².